The Morgan fingerprint density at radius 2 is 2.09 bits per heavy atom. The number of aromatic amines is 1. The monoisotopic (exact) mass is 315 g/mol. The molecule has 0 saturated heterocycles. The van der Waals surface area contributed by atoms with Gasteiger partial charge in [0.05, 0.1) is 6.61 Å². The van der Waals surface area contributed by atoms with E-state index >= 15 is 0 Å². The van der Waals surface area contributed by atoms with Crippen LogP contribution >= 0.6 is 11.6 Å². The molecule has 2 aromatic heterocycles. The van der Waals surface area contributed by atoms with Crippen LogP contribution in [0.2, 0.25) is 5.02 Å². The molecule has 2 heterocycles. The van der Waals surface area contributed by atoms with Crippen LogP contribution in [0.3, 0.4) is 0 Å². The van der Waals surface area contributed by atoms with Crippen molar-refractivity contribution in [1.29, 1.82) is 0 Å². The molecule has 0 bridgehead atoms. The van der Waals surface area contributed by atoms with E-state index in [2.05, 4.69) is 15.0 Å². The summed E-state index contributed by atoms with van der Waals surface area (Å²) in [5.41, 5.74) is 3.93. The molecule has 0 aliphatic carbocycles. The van der Waals surface area contributed by atoms with E-state index in [4.69, 9.17) is 16.3 Å². The van der Waals surface area contributed by atoms with Gasteiger partial charge in [0.2, 0.25) is 0 Å². The number of nitrogens with one attached hydrogen (secondary N) is 1. The number of hydrogen-bond acceptors (Lipinski definition) is 3. The van der Waals surface area contributed by atoms with Gasteiger partial charge in [-0.05, 0) is 49.6 Å². The predicted molar refractivity (Wildman–Crippen MR) is 88.6 cm³/mol. The number of pyridine rings is 1. The highest BCUT2D eigenvalue weighted by atomic mass is 35.5. The first-order valence-corrected chi connectivity index (χ1v) is 7.70. The van der Waals surface area contributed by atoms with E-state index < -0.39 is 0 Å². The summed E-state index contributed by atoms with van der Waals surface area (Å²) in [6, 6.07) is 7.79. The minimum Gasteiger partial charge on any atom is -0.494 e. The van der Waals surface area contributed by atoms with E-state index in [0.717, 1.165) is 51.7 Å². The van der Waals surface area contributed by atoms with E-state index in [1.54, 1.807) is 0 Å². The highest BCUT2D eigenvalue weighted by molar-refractivity contribution is 6.31. The average Bonchev–Trinajstić information content (AvgIpc) is 2.89. The van der Waals surface area contributed by atoms with Crippen molar-refractivity contribution in [3.63, 3.8) is 0 Å². The third-order valence-corrected chi connectivity index (χ3v) is 3.90. The van der Waals surface area contributed by atoms with Gasteiger partial charge in [0.1, 0.15) is 17.1 Å². The lowest BCUT2D eigenvalue weighted by molar-refractivity contribution is 0.310. The second kappa shape index (κ2) is 6.36. The van der Waals surface area contributed by atoms with Crippen molar-refractivity contribution in [2.45, 2.75) is 26.7 Å². The quantitative estimate of drug-likeness (QED) is 0.716. The summed E-state index contributed by atoms with van der Waals surface area (Å²) >= 11 is 6.08. The summed E-state index contributed by atoms with van der Waals surface area (Å²) in [5.74, 6) is 1.75. The summed E-state index contributed by atoms with van der Waals surface area (Å²) < 4.78 is 5.72. The maximum absolute atomic E-state index is 6.08. The van der Waals surface area contributed by atoms with Gasteiger partial charge in [0, 0.05) is 17.6 Å². The molecule has 4 nitrogen and oxygen atoms in total. The molecule has 0 saturated carbocycles. The molecule has 114 valence electrons. The lowest BCUT2D eigenvalue weighted by Gasteiger charge is -2.06. The van der Waals surface area contributed by atoms with Crippen molar-refractivity contribution in [2.75, 3.05) is 6.61 Å². The summed E-state index contributed by atoms with van der Waals surface area (Å²) in [6.45, 7) is 4.62. The molecule has 3 rings (SSSR count). The van der Waals surface area contributed by atoms with Crippen LogP contribution in [0.4, 0.5) is 0 Å². The molecule has 1 N–H and O–H groups in total. The smallest absolute Gasteiger partial charge is 0.157 e. The van der Waals surface area contributed by atoms with Crippen LogP contribution in [-0.4, -0.2) is 21.6 Å². The molecule has 0 amide bonds. The van der Waals surface area contributed by atoms with E-state index in [1.165, 1.54) is 0 Å². The second-order valence-electron chi connectivity index (χ2n) is 5.43. The normalized spacial score (nSPS) is 11.0. The Balaban J connectivity index is 1.54. The largest absolute Gasteiger partial charge is 0.494 e. The van der Waals surface area contributed by atoms with Crippen LogP contribution in [-0.2, 0) is 6.42 Å². The van der Waals surface area contributed by atoms with Gasteiger partial charge in [-0.1, -0.05) is 17.7 Å². The van der Waals surface area contributed by atoms with Crippen molar-refractivity contribution in [3.05, 3.63) is 52.4 Å². The average molecular weight is 316 g/mol. The van der Waals surface area contributed by atoms with Gasteiger partial charge in [-0.15, -0.1) is 0 Å². The highest BCUT2D eigenvalue weighted by Crippen LogP contribution is 2.21. The number of ether oxygens (including phenoxy) is 1. The van der Waals surface area contributed by atoms with Gasteiger partial charge in [0.15, 0.2) is 5.65 Å². The highest BCUT2D eigenvalue weighted by Gasteiger charge is 2.04. The van der Waals surface area contributed by atoms with Gasteiger partial charge in [-0.2, -0.15) is 0 Å². The van der Waals surface area contributed by atoms with Gasteiger partial charge >= 0.3 is 0 Å². The number of H-pyrrole nitrogens is 1. The molecule has 0 fully saturated rings. The molecule has 0 unspecified atom stereocenters. The molecular formula is C17H18ClN3O. The van der Waals surface area contributed by atoms with Crippen LogP contribution in [0.25, 0.3) is 11.2 Å². The number of aryl methyl sites for hydroxylation is 3. The van der Waals surface area contributed by atoms with Crippen LogP contribution in [0, 0.1) is 13.8 Å². The number of benzene rings is 1. The number of halogens is 1. The summed E-state index contributed by atoms with van der Waals surface area (Å²) in [4.78, 5) is 12.1. The van der Waals surface area contributed by atoms with Gasteiger partial charge < -0.3 is 9.72 Å². The minimum atomic E-state index is 0.628. The van der Waals surface area contributed by atoms with Gasteiger partial charge in [0.25, 0.3) is 0 Å². The molecular weight excluding hydrogens is 298 g/mol. The first-order valence-electron chi connectivity index (χ1n) is 7.32. The van der Waals surface area contributed by atoms with Crippen molar-refractivity contribution >= 4 is 22.8 Å². The Morgan fingerprint density at radius 3 is 2.91 bits per heavy atom. The number of nitrogens with zero attached hydrogens (tertiary/aromatic N) is 2. The second-order valence-corrected chi connectivity index (χ2v) is 5.83. The Hall–Kier alpha value is -2.07. The Labute approximate surface area is 134 Å². The third-order valence-electron chi connectivity index (χ3n) is 3.49. The van der Waals surface area contributed by atoms with Crippen LogP contribution in [0.5, 0.6) is 5.75 Å². The van der Waals surface area contributed by atoms with Crippen molar-refractivity contribution < 1.29 is 4.74 Å². The fourth-order valence-corrected chi connectivity index (χ4v) is 2.43. The van der Waals surface area contributed by atoms with Crippen LogP contribution < -0.4 is 4.74 Å². The fraction of sp³-hybridized carbons (Fsp3) is 0.294. The van der Waals surface area contributed by atoms with E-state index in [0.29, 0.717) is 6.61 Å². The number of rotatable bonds is 5. The summed E-state index contributed by atoms with van der Waals surface area (Å²) in [5, 5.41) is 0.733. The zero-order valence-corrected chi connectivity index (χ0v) is 13.4. The first-order chi connectivity index (χ1) is 10.6. The maximum Gasteiger partial charge on any atom is 0.157 e. The Kier molecular flexibility index (Phi) is 4.29. The Bertz CT molecular complexity index is 798. The molecule has 0 spiro atoms. The molecule has 0 atom stereocenters. The molecule has 0 aliphatic rings. The number of hydrogen-bond donors (Lipinski definition) is 1. The summed E-state index contributed by atoms with van der Waals surface area (Å²) in [6.07, 6.45) is 3.55. The molecule has 1 aromatic carbocycles. The minimum absolute atomic E-state index is 0.628. The predicted octanol–water partition coefficient (Wildman–Crippen LogP) is 4.24. The van der Waals surface area contributed by atoms with E-state index in [-0.39, 0.29) is 0 Å². The topological polar surface area (TPSA) is 50.8 Å². The van der Waals surface area contributed by atoms with E-state index in [1.807, 2.05) is 44.3 Å². The number of imidazole rings is 1. The van der Waals surface area contributed by atoms with E-state index in [9.17, 15) is 0 Å². The molecule has 3 aromatic rings. The Morgan fingerprint density at radius 1 is 1.23 bits per heavy atom. The van der Waals surface area contributed by atoms with Crippen molar-refractivity contribution in [3.8, 4) is 5.75 Å². The van der Waals surface area contributed by atoms with Gasteiger partial charge in [-0.25, -0.2) is 9.97 Å². The summed E-state index contributed by atoms with van der Waals surface area (Å²) in [7, 11) is 0. The van der Waals surface area contributed by atoms with Crippen LogP contribution in [0.15, 0.2) is 30.5 Å². The maximum atomic E-state index is 6.08. The lowest BCUT2D eigenvalue weighted by atomic mass is 10.2. The first kappa shape index (κ1) is 14.9. The zero-order valence-electron chi connectivity index (χ0n) is 12.7. The molecule has 22 heavy (non-hydrogen) atoms. The van der Waals surface area contributed by atoms with Crippen molar-refractivity contribution in [1.82, 2.24) is 15.0 Å². The molecule has 0 radical (unpaired) electrons. The third kappa shape index (κ3) is 3.39. The van der Waals surface area contributed by atoms with Crippen LogP contribution in [0.1, 0.15) is 23.4 Å². The number of fused-ring (bicyclic) bond motifs is 1. The molecule has 0 aliphatic heterocycles. The number of aromatic nitrogens is 3. The fourth-order valence-electron chi connectivity index (χ4n) is 2.26. The SMILES string of the molecule is Cc1cnc2[nH]c(CCCOc3ccc(C)c(Cl)c3)nc2c1. The standard InChI is InChI=1S/C17H18ClN3O/c1-11-8-15-17(19-10-11)21-16(20-15)4-3-7-22-13-6-5-12(2)14(18)9-13/h5-6,8-10H,3-4,7H2,1-2H3,(H,19,20,21). The molecule has 5 heteroatoms. The van der Waals surface area contributed by atoms with Gasteiger partial charge in [-0.3, -0.25) is 0 Å². The zero-order chi connectivity index (χ0) is 15.5. The van der Waals surface area contributed by atoms with Crippen molar-refractivity contribution in [2.24, 2.45) is 0 Å². The lowest BCUT2D eigenvalue weighted by Crippen LogP contribution is -2.00.